The number of methoxy groups -OCH3 is 1. The molecule has 0 fully saturated rings. The third-order valence-electron chi connectivity index (χ3n) is 2.07. The first-order chi connectivity index (χ1) is 7.57. The van der Waals surface area contributed by atoms with Gasteiger partial charge >= 0.3 is 12.4 Å². The van der Waals surface area contributed by atoms with Crippen LogP contribution >= 0.6 is 0 Å². The second-order valence-electron chi connectivity index (χ2n) is 3.20. The van der Waals surface area contributed by atoms with E-state index >= 15 is 0 Å². The summed E-state index contributed by atoms with van der Waals surface area (Å²) in [6.07, 6.45) is -9.82. The first-order valence-electron chi connectivity index (χ1n) is 4.25. The van der Waals surface area contributed by atoms with Crippen molar-refractivity contribution < 1.29 is 31.1 Å². The van der Waals surface area contributed by atoms with E-state index in [4.69, 9.17) is 0 Å². The highest BCUT2D eigenvalue weighted by Crippen LogP contribution is 2.41. The van der Waals surface area contributed by atoms with Crippen LogP contribution in [0.4, 0.5) is 26.3 Å². The Morgan fingerprint density at radius 2 is 1.29 bits per heavy atom. The molecule has 1 nitrogen and oxygen atoms in total. The van der Waals surface area contributed by atoms with Gasteiger partial charge in [0.1, 0.15) is 5.75 Å². The Morgan fingerprint density at radius 1 is 0.941 bits per heavy atom. The van der Waals surface area contributed by atoms with E-state index in [0.29, 0.717) is 12.1 Å². The van der Waals surface area contributed by atoms with Crippen LogP contribution in [0.25, 0.3) is 0 Å². The molecule has 0 unspecified atom stereocenters. The van der Waals surface area contributed by atoms with Gasteiger partial charge in [-0.3, -0.25) is 0 Å². The molecular formula is C10H7F6O. The molecule has 0 heterocycles. The first-order valence-corrected chi connectivity index (χ1v) is 4.25. The van der Waals surface area contributed by atoms with Crippen LogP contribution in [-0.2, 0) is 12.4 Å². The molecule has 0 atom stereocenters. The maximum atomic E-state index is 12.5. The highest BCUT2D eigenvalue weighted by molar-refractivity contribution is 5.46. The normalized spacial score (nSPS) is 12.7. The topological polar surface area (TPSA) is 9.23 Å². The van der Waals surface area contributed by atoms with E-state index in [9.17, 15) is 26.3 Å². The van der Waals surface area contributed by atoms with Gasteiger partial charge < -0.3 is 4.74 Å². The number of halogens is 6. The number of hydrogen-bond donors (Lipinski definition) is 0. The van der Waals surface area contributed by atoms with Crippen molar-refractivity contribution >= 4 is 0 Å². The highest BCUT2D eigenvalue weighted by atomic mass is 19.4. The Morgan fingerprint density at radius 3 is 1.53 bits per heavy atom. The molecule has 1 aromatic carbocycles. The quantitative estimate of drug-likeness (QED) is 0.693. The Bertz CT molecular complexity index is 383. The predicted molar refractivity (Wildman–Crippen MR) is 47.5 cm³/mol. The number of ether oxygens (including phenoxy) is 1. The molecule has 0 saturated heterocycles. The predicted octanol–water partition coefficient (Wildman–Crippen LogP) is 3.91. The van der Waals surface area contributed by atoms with Crippen LogP contribution in [0.15, 0.2) is 12.1 Å². The van der Waals surface area contributed by atoms with Crippen molar-refractivity contribution in [3.63, 3.8) is 0 Å². The average Bonchev–Trinajstić information content (AvgIpc) is 2.14. The monoisotopic (exact) mass is 257 g/mol. The molecule has 95 valence electrons. The van der Waals surface area contributed by atoms with Crippen molar-refractivity contribution in [1.82, 2.24) is 0 Å². The van der Waals surface area contributed by atoms with E-state index in [2.05, 4.69) is 11.7 Å². The highest BCUT2D eigenvalue weighted by Gasteiger charge is 2.40. The molecular weight excluding hydrogens is 250 g/mol. The summed E-state index contributed by atoms with van der Waals surface area (Å²) in [5, 5.41) is 0. The van der Waals surface area contributed by atoms with Crippen LogP contribution in [0.1, 0.15) is 16.7 Å². The minimum atomic E-state index is -4.91. The summed E-state index contributed by atoms with van der Waals surface area (Å²) in [4.78, 5) is 0. The van der Waals surface area contributed by atoms with Gasteiger partial charge in [0.05, 0.1) is 18.2 Å². The van der Waals surface area contributed by atoms with Crippen molar-refractivity contribution in [2.24, 2.45) is 0 Å². The van der Waals surface area contributed by atoms with E-state index < -0.39 is 34.8 Å². The SMILES string of the molecule is [CH2]c1c(C(F)(F)F)cc(OC)cc1C(F)(F)F. The summed E-state index contributed by atoms with van der Waals surface area (Å²) in [6.45, 7) is 2.83. The molecule has 7 heteroatoms. The van der Waals surface area contributed by atoms with Crippen molar-refractivity contribution in [3.05, 3.63) is 35.7 Å². The minimum Gasteiger partial charge on any atom is -0.497 e. The van der Waals surface area contributed by atoms with Gasteiger partial charge in [0, 0.05) is 0 Å². The molecule has 1 aromatic rings. The van der Waals surface area contributed by atoms with Gasteiger partial charge in [0.2, 0.25) is 0 Å². The summed E-state index contributed by atoms with van der Waals surface area (Å²) in [5.41, 5.74) is -4.01. The van der Waals surface area contributed by atoms with Crippen LogP contribution < -0.4 is 4.74 Å². The molecule has 1 rings (SSSR count). The van der Waals surface area contributed by atoms with Gasteiger partial charge in [-0.2, -0.15) is 26.3 Å². The Balaban J connectivity index is 3.53. The third kappa shape index (κ3) is 2.83. The van der Waals surface area contributed by atoms with Crippen molar-refractivity contribution in [2.45, 2.75) is 12.4 Å². The van der Waals surface area contributed by atoms with Crippen LogP contribution in [-0.4, -0.2) is 7.11 Å². The van der Waals surface area contributed by atoms with Gasteiger partial charge in [0.25, 0.3) is 0 Å². The van der Waals surface area contributed by atoms with Crippen LogP contribution in [0, 0.1) is 6.92 Å². The summed E-state index contributed by atoms with van der Waals surface area (Å²) >= 11 is 0. The molecule has 1 radical (unpaired) electrons. The Hall–Kier alpha value is -1.40. The lowest BCUT2D eigenvalue weighted by Gasteiger charge is -2.17. The summed E-state index contributed by atoms with van der Waals surface area (Å²) in [5.74, 6) is -0.517. The van der Waals surface area contributed by atoms with Gasteiger partial charge in [-0.15, -0.1) is 0 Å². The number of hydrogen-bond acceptors (Lipinski definition) is 1. The van der Waals surface area contributed by atoms with Crippen LogP contribution in [0.3, 0.4) is 0 Å². The fraction of sp³-hybridized carbons (Fsp3) is 0.300. The first kappa shape index (κ1) is 13.7. The number of rotatable bonds is 1. The Labute approximate surface area is 93.0 Å². The van der Waals surface area contributed by atoms with Crippen molar-refractivity contribution in [2.75, 3.05) is 7.11 Å². The lowest BCUT2D eigenvalue weighted by molar-refractivity contribution is -0.143. The molecule has 0 N–H and O–H groups in total. The zero-order valence-electron chi connectivity index (χ0n) is 8.54. The van der Waals surface area contributed by atoms with Crippen LogP contribution in [0.2, 0.25) is 0 Å². The molecule has 0 bridgehead atoms. The minimum absolute atomic E-state index is 0.484. The van der Waals surface area contributed by atoms with Crippen molar-refractivity contribution in [1.29, 1.82) is 0 Å². The molecule has 0 amide bonds. The third-order valence-corrected chi connectivity index (χ3v) is 2.07. The fourth-order valence-corrected chi connectivity index (χ4v) is 1.27. The molecule has 17 heavy (non-hydrogen) atoms. The summed E-state index contributed by atoms with van der Waals surface area (Å²) in [6, 6.07) is 0.967. The number of benzene rings is 1. The number of alkyl halides is 6. The molecule has 0 spiro atoms. The van der Waals surface area contributed by atoms with E-state index in [-0.39, 0.29) is 0 Å². The van der Waals surface area contributed by atoms with Crippen LogP contribution in [0.5, 0.6) is 5.75 Å². The van der Waals surface area contributed by atoms with Gasteiger partial charge in [0.15, 0.2) is 0 Å². The lowest BCUT2D eigenvalue weighted by Crippen LogP contribution is -2.14. The van der Waals surface area contributed by atoms with E-state index in [1.807, 2.05) is 0 Å². The molecule has 0 aromatic heterocycles. The van der Waals surface area contributed by atoms with E-state index in [1.54, 1.807) is 0 Å². The molecule has 0 saturated carbocycles. The Kier molecular flexibility index (Phi) is 3.31. The fourth-order valence-electron chi connectivity index (χ4n) is 1.27. The van der Waals surface area contributed by atoms with E-state index in [0.717, 1.165) is 7.11 Å². The second-order valence-corrected chi connectivity index (χ2v) is 3.20. The van der Waals surface area contributed by atoms with E-state index in [1.165, 1.54) is 0 Å². The second kappa shape index (κ2) is 4.12. The molecule has 0 aliphatic heterocycles. The van der Waals surface area contributed by atoms with Gasteiger partial charge in [-0.25, -0.2) is 0 Å². The molecule has 0 aliphatic rings. The largest absolute Gasteiger partial charge is 0.497 e. The maximum Gasteiger partial charge on any atom is 0.416 e. The summed E-state index contributed by atoms with van der Waals surface area (Å²) < 4.78 is 79.2. The smallest absolute Gasteiger partial charge is 0.416 e. The zero-order valence-corrected chi connectivity index (χ0v) is 8.54. The van der Waals surface area contributed by atoms with Gasteiger partial charge in [-0.1, -0.05) is 0 Å². The maximum absolute atomic E-state index is 12.5. The van der Waals surface area contributed by atoms with Gasteiger partial charge in [-0.05, 0) is 24.6 Å². The average molecular weight is 257 g/mol. The molecule has 0 aliphatic carbocycles. The van der Waals surface area contributed by atoms with Crippen molar-refractivity contribution in [3.8, 4) is 5.75 Å². The summed E-state index contributed by atoms with van der Waals surface area (Å²) in [7, 11) is 0.985. The standard InChI is InChI=1S/C10H7F6O/c1-5-7(9(11,12)13)3-6(17-2)4-8(5)10(14,15)16/h3-4H,1H2,2H3. The lowest BCUT2D eigenvalue weighted by atomic mass is 10.0. The zero-order chi connectivity index (χ0) is 13.4.